The van der Waals surface area contributed by atoms with Crippen molar-refractivity contribution in [3.05, 3.63) is 30.1 Å². The fraction of sp³-hybridized carbons (Fsp3) is 0.500. The minimum atomic E-state index is -0.673. The van der Waals surface area contributed by atoms with E-state index in [9.17, 15) is 15.2 Å². The molecule has 3 atom stereocenters. The number of nitriles is 1. The van der Waals surface area contributed by atoms with Gasteiger partial charge in [-0.2, -0.15) is 5.26 Å². The summed E-state index contributed by atoms with van der Waals surface area (Å²) in [5.41, 5.74) is 2.44. The molecule has 2 N–H and O–H groups in total. The number of nitrogens with zero attached hydrogens (tertiary/aromatic N) is 5. The van der Waals surface area contributed by atoms with E-state index in [1.54, 1.807) is 18.5 Å². The zero-order valence-electron chi connectivity index (χ0n) is 16.9. The number of carbonyl (C=O) groups is 1. The third-order valence-corrected chi connectivity index (χ3v) is 4.71. The van der Waals surface area contributed by atoms with Crippen molar-refractivity contribution < 1.29 is 14.6 Å². The molecule has 1 aliphatic rings. The van der Waals surface area contributed by atoms with Crippen LogP contribution in [0.1, 0.15) is 12.5 Å². The van der Waals surface area contributed by atoms with Gasteiger partial charge >= 0.3 is 0 Å². The number of benzene rings is 1. The van der Waals surface area contributed by atoms with Gasteiger partial charge in [0.05, 0.1) is 30.0 Å². The summed E-state index contributed by atoms with van der Waals surface area (Å²) >= 11 is 0. The average molecular weight is 398 g/mol. The molecule has 1 fully saturated rings. The van der Waals surface area contributed by atoms with E-state index >= 15 is 0 Å². The molecule has 0 aliphatic carbocycles. The average Bonchev–Trinajstić information content (AvgIpc) is 2.70. The molecule has 1 aromatic carbocycles. The molecular formula is C20H26N6O3. The number of carbonyl (C=O) groups excluding carboxylic acids is 1. The Balaban J connectivity index is 1.76. The molecule has 3 unspecified atom stereocenters. The van der Waals surface area contributed by atoms with Gasteiger partial charge in [0, 0.05) is 32.0 Å². The van der Waals surface area contributed by atoms with Gasteiger partial charge in [-0.05, 0) is 33.2 Å². The molecule has 29 heavy (non-hydrogen) atoms. The van der Waals surface area contributed by atoms with E-state index in [0.29, 0.717) is 36.2 Å². The van der Waals surface area contributed by atoms with E-state index in [2.05, 4.69) is 21.4 Å². The van der Waals surface area contributed by atoms with Gasteiger partial charge in [-0.3, -0.25) is 14.8 Å². The predicted octanol–water partition coefficient (Wildman–Crippen LogP) is 0.134. The number of nitrogens with one attached hydrogen (secondary N) is 1. The molecule has 3 rings (SSSR count). The number of likely N-dealkylation sites (N-methyl/N-ethyl adjacent to an activating group) is 1. The molecule has 1 saturated heterocycles. The van der Waals surface area contributed by atoms with Crippen molar-refractivity contribution in [2.24, 2.45) is 0 Å². The summed E-state index contributed by atoms with van der Waals surface area (Å²) in [5.74, 6) is -0.261. The molecule has 0 bridgehead atoms. The standard InChI is InChI=1S/C20H26N6O3/c1-13-10-26(12-17(29-13)20(28)24-9-15(27)11-25(2)3)16-5-4-14(8-21)18-19(16)23-7-6-22-18/h4-7,13,15,17,27H,9-12H2,1-3H3,(H,24,28). The number of amides is 1. The highest BCUT2D eigenvalue weighted by Crippen LogP contribution is 2.28. The van der Waals surface area contributed by atoms with E-state index in [0.717, 1.165) is 5.69 Å². The molecule has 0 spiro atoms. The first-order valence-electron chi connectivity index (χ1n) is 9.53. The van der Waals surface area contributed by atoms with Crippen molar-refractivity contribution in [2.45, 2.75) is 25.2 Å². The summed E-state index contributed by atoms with van der Waals surface area (Å²) < 4.78 is 5.84. The van der Waals surface area contributed by atoms with Crippen LogP contribution in [0.3, 0.4) is 0 Å². The smallest absolute Gasteiger partial charge is 0.251 e. The third-order valence-electron chi connectivity index (χ3n) is 4.71. The highest BCUT2D eigenvalue weighted by atomic mass is 16.5. The molecule has 1 aromatic heterocycles. The normalized spacial score (nSPS) is 20.5. The second-order valence-corrected chi connectivity index (χ2v) is 7.50. The van der Waals surface area contributed by atoms with Gasteiger partial charge in [-0.15, -0.1) is 0 Å². The van der Waals surface area contributed by atoms with Crippen LogP contribution in [0.2, 0.25) is 0 Å². The van der Waals surface area contributed by atoms with Crippen molar-refractivity contribution in [3.63, 3.8) is 0 Å². The van der Waals surface area contributed by atoms with Crippen molar-refractivity contribution >= 4 is 22.6 Å². The van der Waals surface area contributed by atoms with Gasteiger partial charge in [0.15, 0.2) is 6.10 Å². The summed E-state index contributed by atoms with van der Waals surface area (Å²) in [6, 6.07) is 5.70. The van der Waals surface area contributed by atoms with Crippen LogP contribution in [0.25, 0.3) is 11.0 Å². The SMILES string of the molecule is CC1CN(c2ccc(C#N)c3nccnc23)CC(C(=O)NCC(O)CN(C)C)O1. The second-order valence-electron chi connectivity index (χ2n) is 7.50. The van der Waals surface area contributed by atoms with Crippen LogP contribution in [-0.4, -0.2) is 84.5 Å². The van der Waals surface area contributed by atoms with Gasteiger partial charge in [0.25, 0.3) is 5.91 Å². The Kier molecular flexibility index (Phi) is 6.59. The maximum Gasteiger partial charge on any atom is 0.251 e. The molecule has 2 aromatic rings. The van der Waals surface area contributed by atoms with Crippen LogP contribution in [0.5, 0.6) is 0 Å². The molecule has 2 heterocycles. The Morgan fingerprint density at radius 1 is 1.38 bits per heavy atom. The Bertz CT molecular complexity index is 913. The highest BCUT2D eigenvalue weighted by Gasteiger charge is 2.31. The van der Waals surface area contributed by atoms with Crippen LogP contribution in [0.4, 0.5) is 5.69 Å². The number of morpholine rings is 1. The molecular weight excluding hydrogens is 372 g/mol. The van der Waals surface area contributed by atoms with Crippen LogP contribution in [-0.2, 0) is 9.53 Å². The summed E-state index contributed by atoms with van der Waals surface area (Å²) in [6.07, 6.45) is 1.65. The number of aliphatic hydroxyl groups excluding tert-OH is 1. The minimum Gasteiger partial charge on any atom is -0.390 e. The number of ether oxygens (including phenoxy) is 1. The molecule has 0 saturated carbocycles. The minimum absolute atomic E-state index is 0.163. The number of hydrogen-bond acceptors (Lipinski definition) is 8. The van der Waals surface area contributed by atoms with Crippen molar-refractivity contribution in [3.8, 4) is 6.07 Å². The summed E-state index contributed by atoms with van der Waals surface area (Å²) in [7, 11) is 3.72. The summed E-state index contributed by atoms with van der Waals surface area (Å²) in [5, 5.41) is 22.1. The van der Waals surface area contributed by atoms with Gasteiger partial charge in [-0.1, -0.05) is 0 Å². The lowest BCUT2D eigenvalue weighted by Gasteiger charge is -2.37. The molecule has 1 aliphatic heterocycles. The Hall–Kier alpha value is -2.80. The zero-order valence-corrected chi connectivity index (χ0v) is 16.9. The Labute approximate surface area is 169 Å². The number of anilines is 1. The Morgan fingerprint density at radius 2 is 2.10 bits per heavy atom. The lowest BCUT2D eigenvalue weighted by Crippen LogP contribution is -2.54. The maximum atomic E-state index is 12.6. The first kappa shape index (κ1) is 20.9. The molecule has 1 amide bonds. The highest BCUT2D eigenvalue weighted by molar-refractivity contribution is 5.92. The molecule has 9 nitrogen and oxygen atoms in total. The summed E-state index contributed by atoms with van der Waals surface area (Å²) in [6.45, 7) is 3.47. The van der Waals surface area contributed by atoms with E-state index in [4.69, 9.17) is 4.74 Å². The zero-order chi connectivity index (χ0) is 21.0. The maximum absolute atomic E-state index is 12.6. The monoisotopic (exact) mass is 398 g/mol. The predicted molar refractivity (Wildman–Crippen MR) is 108 cm³/mol. The van der Waals surface area contributed by atoms with E-state index in [1.807, 2.05) is 36.9 Å². The first-order valence-corrected chi connectivity index (χ1v) is 9.53. The largest absolute Gasteiger partial charge is 0.390 e. The topological polar surface area (TPSA) is 115 Å². The number of fused-ring (bicyclic) bond motifs is 1. The van der Waals surface area contributed by atoms with Crippen LogP contribution < -0.4 is 10.2 Å². The van der Waals surface area contributed by atoms with E-state index in [1.165, 1.54) is 0 Å². The number of hydrogen-bond donors (Lipinski definition) is 2. The van der Waals surface area contributed by atoms with Crippen molar-refractivity contribution in [1.29, 1.82) is 5.26 Å². The number of aliphatic hydroxyl groups is 1. The Morgan fingerprint density at radius 3 is 2.79 bits per heavy atom. The summed E-state index contributed by atoms with van der Waals surface area (Å²) in [4.78, 5) is 25.2. The van der Waals surface area contributed by atoms with Crippen LogP contribution >= 0.6 is 0 Å². The van der Waals surface area contributed by atoms with Gasteiger partial charge in [-0.25, -0.2) is 0 Å². The van der Waals surface area contributed by atoms with Gasteiger partial charge in [0.2, 0.25) is 0 Å². The van der Waals surface area contributed by atoms with Crippen molar-refractivity contribution in [1.82, 2.24) is 20.2 Å². The second kappa shape index (κ2) is 9.13. The van der Waals surface area contributed by atoms with Crippen LogP contribution in [0, 0.1) is 11.3 Å². The lowest BCUT2D eigenvalue weighted by molar-refractivity contribution is -0.137. The van der Waals surface area contributed by atoms with Crippen LogP contribution in [0.15, 0.2) is 24.5 Å². The lowest BCUT2D eigenvalue weighted by atomic mass is 10.1. The van der Waals surface area contributed by atoms with Crippen molar-refractivity contribution in [2.75, 3.05) is 45.2 Å². The molecule has 0 radical (unpaired) electrons. The van der Waals surface area contributed by atoms with Gasteiger partial charge in [0.1, 0.15) is 17.1 Å². The first-order chi connectivity index (χ1) is 13.9. The van der Waals surface area contributed by atoms with Gasteiger partial charge < -0.3 is 25.0 Å². The van der Waals surface area contributed by atoms with E-state index in [-0.39, 0.29) is 18.6 Å². The molecule has 9 heteroatoms. The molecule has 154 valence electrons. The fourth-order valence-electron chi connectivity index (χ4n) is 3.50. The van der Waals surface area contributed by atoms with E-state index < -0.39 is 12.2 Å². The third kappa shape index (κ3) is 4.98. The number of rotatable bonds is 6. The number of aromatic nitrogens is 2. The quantitative estimate of drug-likeness (QED) is 0.706. The fourth-order valence-corrected chi connectivity index (χ4v) is 3.50.